The smallest absolute Gasteiger partial charge is 0.137 e. The number of rotatable bonds is 3. The van der Waals surface area contributed by atoms with Gasteiger partial charge in [-0.1, -0.05) is 72.8 Å². The lowest BCUT2D eigenvalue weighted by Crippen LogP contribution is -1.93. The van der Waals surface area contributed by atoms with E-state index in [1.165, 1.54) is 0 Å². The number of nitrogens with zero attached hydrogens (tertiary/aromatic N) is 5. The number of aromatic nitrogens is 4. The van der Waals surface area contributed by atoms with Crippen LogP contribution in [0.5, 0.6) is 0 Å². The summed E-state index contributed by atoms with van der Waals surface area (Å²) in [5, 5.41) is 12.9. The van der Waals surface area contributed by atoms with Crippen molar-refractivity contribution in [3.63, 3.8) is 0 Å². The summed E-state index contributed by atoms with van der Waals surface area (Å²) in [5.74, 6) is 0. The van der Waals surface area contributed by atoms with E-state index < -0.39 is 0 Å². The van der Waals surface area contributed by atoms with E-state index in [-0.39, 0.29) is 0 Å². The Labute approximate surface area is 252 Å². The molecule has 0 unspecified atom stereocenters. The highest BCUT2D eigenvalue weighted by Gasteiger charge is 2.17. The van der Waals surface area contributed by atoms with Gasteiger partial charge in [-0.15, -0.1) is 0 Å². The van der Waals surface area contributed by atoms with E-state index in [2.05, 4.69) is 100 Å². The number of pyridine rings is 2. The Morgan fingerprint density at radius 2 is 1.27 bits per heavy atom. The quantitative estimate of drug-likeness (QED) is 0.216. The minimum Gasteiger partial charge on any atom is -0.309 e. The summed E-state index contributed by atoms with van der Waals surface area (Å²) < 4.78 is 4.40. The molecule has 0 N–H and O–H groups in total. The molecule has 0 fully saturated rings. The number of nitriles is 1. The molecule has 4 heterocycles. The van der Waals surface area contributed by atoms with Gasteiger partial charge in [-0.2, -0.15) is 5.26 Å². The first-order valence-corrected chi connectivity index (χ1v) is 14.6. The third kappa shape index (κ3) is 3.58. The Morgan fingerprint density at radius 1 is 0.568 bits per heavy atom. The molecule has 9 rings (SSSR count). The molecule has 4 aromatic heterocycles. The van der Waals surface area contributed by atoms with E-state index in [4.69, 9.17) is 9.97 Å². The maximum absolute atomic E-state index is 9.65. The van der Waals surface area contributed by atoms with Gasteiger partial charge in [-0.05, 0) is 71.8 Å². The molecule has 0 atom stereocenters. The molecule has 0 aliphatic heterocycles. The predicted molar refractivity (Wildman–Crippen MR) is 178 cm³/mol. The zero-order chi connectivity index (χ0) is 29.2. The van der Waals surface area contributed by atoms with Crippen LogP contribution in [0.15, 0.2) is 140 Å². The summed E-state index contributed by atoms with van der Waals surface area (Å²) in [4.78, 5) is 10.1. The van der Waals surface area contributed by atoms with Gasteiger partial charge in [-0.3, -0.25) is 4.40 Å². The molecular formula is C39H23N5. The monoisotopic (exact) mass is 561 g/mol. The summed E-state index contributed by atoms with van der Waals surface area (Å²) in [6, 6.07) is 48.1. The summed E-state index contributed by atoms with van der Waals surface area (Å²) in [6.45, 7) is 0. The molecule has 0 amide bonds. The van der Waals surface area contributed by atoms with E-state index in [0.717, 1.165) is 77.5 Å². The van der Waals surface area contributed by atoms with Crippen molar-refractivity contribution in [1.82, 2.24) is 18.9 Å². The molecule has 5 nitrogen and oxygen atoms in total. The first-order valence-electron chi connectivity index (χ1n) is 14.6. The fraction of sp³-hybridized carbons (Fsp3) is 0. The van der Waals surface area contributed by atoms with Gasteiger partial charge in [0.05, 0.1) is 39.4 Å². The third-order valence-electron chi connectivity index (χ3n) is 8.55. The van der Waals surface area contributed by atoms with Crippen molar-refractivity contribution < 1.29 is 0 Å². The van der Waals surface area contributed by atoms with Crippen molar-refractivity contribution in [2.24, 2.45) is 0 Å². The topological polar surface area (TPSA) is 58.9 Å². The highest BCUT2D eigenvalue weighted by Crippen LogP contribution is 2.37. The van der Waals surface area contributed by atoms with Gasteiger partial charge in [0.15, 0.2) is 0 Å². The molecule has 0 aliphatic carbocycles. The number of imidazole rings is 1. The van der Waals surface area contributed by atoms with Gasteiger partial charge in [0, 0.05) is 33.6 Å². The van der Waals surface area contributed by atoms with E-state index in [1.807, 2.05) is 54.6 Å². The Bertz CT molecular complexity index is 2600. The molecule has 0 radical (unpaired) electrons. The van der Waals surface area contributed by atoms with E-state index in [1.54, 1.807) is 0 Å². The number of hydrogen-bond donors (Lipinski definition) is 0. The van der Waals surface area contributed by atoms with Gasteiger partial charge in [0.1, 0.15) is 11.2 Å². The van der Waals surface area contributed by atoms with E-state index in [0.29, 0.717) is 5.56 Å². The Hall–Kier alpha value is -6.25. The highest BCUT2D eigenvalue weighted by atomic mass is 15.0. The average Bonchev–Trinajstić information content (AvgIpc) is 3.64. The highest BCUT2D eigenvalue weighted by molar-refractivity contribution is 6.11. The fourth-order valence-corrected chi connectivity index (χ4v) is 6.50. The average molecular weight is 562 g/mol. The number of benzene rings is 5. The molecule has 44 heavy (non-hydrogen) atoms. The van der Waals surface area contributed by atoms with Crippen molar-refractivity contribution in [2.45, 2.75) is 0 Å². The second kappa shape index (κ2) is 9.38. The maximum Gasteiger partial charge on any atom is 0.137 e. The van der Waals surface area contributed by atoms with Gasteiger partial charge in [-0.25, -0.2) is 9.97 Å². The Morgan fingerprint density at radius 3 is 2.11 bits per heavy atom. The van der Waals surface area contributed by atoms with E-state index >= 15 is 0 Å². The maximum atomic E-state index is 9.65. The second-order valence-corrected chi connectivity index (χ2v) is 11.0. The lowest BCUT2D eigenvalue weighted by atomic mass is 9.99. The van der Waals surface area contributed by atoms with Crippen LogP contribution in [0.2, 0.25) is 0 Å². The number of para-hydroxylation sites is 2. The van der Waals surface area contributed by atoms with Gasteiger partial charge in [0.2, 0.25) is 0 Å². The summed E-state index contributed by atoms with van der Waals surface area (Å²) in [5.41, 5.74) is 11.9. The first kappa shape index (κ1) is 24.4. The summed E-state index contributed by atoms with van der Waals surface area (Å²) in [6.07, 6.45) is 2.05. The zero-order valence-electron chi connectivity index (χ0n) is 23.5. The van der Waals surface area contributed by atoms with Crippen LogP contribution in [-0.4, -0.2) is 18.9 Å². The van der Waals surface area contributed by atoms with Crippen LogP contribution in [0.1, 0.15) is 5.56 Å². The van der Waals surface area contributed by atoms with Crippen LogP contribution in [0.25, 0.3) is 77.5 Å². The van der Waals surface area contributed by atoms with Crippen molar-refractivity contribution in [2.75, 3.05) is 0 Å². The van der Waals surface area contributed by atoms with Crippen molar-refractivity contribution >= 4 is 49.4 Å². The largest absolute Gasteiger partial charge is 0.309 e. The molecule has 5 aromatic carbocycles. The number of hydrogen-bond acceptors (Lipinski definition) is 3. The molecule has 0 saturated carbocycles. The lowest BCUT2D eigenvalue weighted by molar-refractivity contribution is 1.18. The molecule has 9 aromatic rings. The van der Waals surface area contributed by atoms with Gasteiger partial charge >= 0.3 is 0 Å². The normalized spacial score (nSPS) is 11.6. The van der Waals surface area contributed by atoms with Crippen LogP contribution in [-0.2, 0) is 0 Å². The van der Waals surface area contributed by atoms with Gasteiger partial charge < -0.3 is 4.57 Å². The summed E-state index contributed by atoms with van der Waals surface area (Å²) >= 11 is 0. The molecule has 0 saturated heterocycles. The number of fused-ring (bicyclic) bond motifs is 8. The van der Waals surface area contributed by atoms with Crippen LogP contribution < -0.4 is 0 Å². The first-order chi connectivity index (χ1) is 21.8. The van der Waals surface area contributed by atoms with Crippen molar-refractivity contribution in [1.29, 1.82) is 5.26 Å². The second-order valence-electron chi connectivity index (χ2n) is 11.0. The molecule has 0 aliphatic rings. The van der Waals surface area contributed by atoms with Crippen molar-refractivity contribution in [3.05, 3.63) is 145 Å². The van der Waals surface area contributed by atoms with Crippen LogP contribution in [0.4, 0.5) is 0 Å². The molecule has 204 valence electrons. The van der Waals surface area contributed by atoms with Crippen molar-refractivity contribution in [3.8, 4) is 34.1 Å². The molecule has 5 heteroatoms. The zero-order valence-corrected chi connectivity index (χ0v) is 23.5. The molecule has 0 spiro atoms. The lowest BCUT2D eigenvalue weighted by Gasteiger charge is -2.10. The fourth-order valence-electron chi connectivity index (χ4n) is 6.50. The minimum absolute atomic E-state index is 0.654. The standard InChI is InChI=1S/C39H23N5/c40-24-25-13-19-34-31(22-25)32-23-28(18-20-35(32)44(34)29-8-2-1-3-9-29)26-14-16-27(17-15-26)37-39-38(30-10-4-5-11-33(30)41-37)42-36-12-6-7-21-43(36)39/h1-23H. The summed E-state index contributed by atoms with van der Waals surface area (Å²) in [7, 11) is 0. The van der Waals surface area contributed by atoms with Crippen LogP contribution in [0.3, 0.4) is 0 Å². The Balaban J connectivity index is 1.21. The van der Waals surface area contributed by atoms with E-state index in [9.17, 15) is 5.26 Å². The van der Waals surface area contributed by atoms with Crippen LogP contribution >= 0.6 is 0 Å². The SMILES string of the molecule is N#Cc1ccc2c(c1)c1cc(-c3ccc(-c4nc5ccccc5c5nc6ccccn6c45)cc3)ccc1n2-c1ccccc1. The van der Waals surface area contributed by atoms with Crippen LogP contribution in [0, 0.1) is 11.3 Å². The van der Waals surface area contributed by atoms with Gasteiger partial charge in [0.25, 0.3) is 0 Å². The predicted octanol–water partition coefficient (Wildman–Crippen LogP) is 9.34. The third-order valence-corrected chi connectivity index (χ3v) is 8.55. The minimum atomic E-state index is 0.654. The molecular weight excluding hydrogens is 538 g/mol. The Kier molecular flexibility index (Phi) is 5.19. The molecule has 0 bridgehead atoms.